The van der Waals surface area contributed by atoms with E-state index in [1.54, 1.807) is 0 Å². The van der Waals surface area contributed by atoms with Crippen molar-refractivity contribution in [2.24, 2.45) is 5.92 Å². The number of amides is 1. The molecule has 20 heavy (non-hydrogen) atoms. The van der Waals surface area contributed by atoms with E-state index in [0.717, 1.165) is 44.9 Å². The van der Waals surface area contributed by atoms with Gasteiger partial charge in [-0.15, -0.1) is 0 Å². The summed E-state index contributed by atoms with van der Waals surface area (Å²) in [6.45, 7) is 7.88. The SMILES string of the molecule is Cc1ccccc1CNCCC(=O)N1CCC(C)CC1. The van der Waals surface area contributed by atoms with Gasteiger partial charge in [0.25, 0.3) is 0 Å². The predicted molar refractivity (Wildman–Crippen MR) is 82.5 cm³/mol. The van der Waals surface area contributed by atoms with Gasteiger partial charge in [-0.1, -0.05) is 31.2 Å². The van der Waals surface area contributed by atoms with E-state index < -0.39 is 0 Å². The third kappa shape index (κ3) is 4.34. The minimum Gasteiger partial charge on any atom is -0.343 e. The molecule has 0 spiro atoms. The summed E-state index contributed by atoms with van der Waals surface area (Å²) in [7, 11) is 0. The van der Waals surface area contributed by atoms with Crippen LogP contribution < -0.4 is 5.32 Å². The minimum absolute atomic E-state index is 0.300. The number of hydrogen-bond donors (Lipinski definition) is 1. The summed E-state index contributed by atoms with van der Waals surface area (Å²) >= 11 is 0. The van der Waals surface area contributed by atoms with Crippen LogP contribution in [0.5, 0.6) is 0 Å². The Kier molecular flexibility index (Phi) is 5.60. The number of rotatable bonds is 5. The number of nitrogens with one attached hydrogen (secondary N) is 1. The van der Waals surface area contributed by atoms with Crippen molar-refractivity contribution in [2.45, 2.75) is 39.7 Å². The van der Waals surface area contributed by atoms with Gasteiger partial charge in [-0.2, -0.15) is 0 Å². The van der Waals surface area contributed by atoms with E-state index in [4.69, 9.17) is 0 Å². The number of aryl methyl sites for hydroxylation is 1. The van der Waals surface area contributed by atoms with E-state index in [9.17, 15) is 4.79 Å². The Morgan fingerprint density at radius 2 is 2.00 bits per heavy atom. The molecule has 1 aliphatic heterocycles. The second-order valence-electron chi connectivity index (χ2n) is 5.92. The van der Waals surface area contributed by atoms with Gasteiger partial charge in [0.05, 0.1) is 0 Å². The van der Waals surface area contributed by atoms with E-state index >= 15 is 0 Å². The third-order valence-corrected chi connectivity index (χ3v) is 4.23. The van der Waals surface area contributed by atoms with Crippen LogP contribution >= 0.6 is 0 Å². The summed E-state index contributed by atoms with van der Waals surface area (Å²) < 4.78 is 0. The van der Waals surface area contributed by atoms with Crippen LogP contribution in [0.25, 0.3) is 0 Å². The lowest BCUT2D eigenvalue weighted by atomic mass is 9.99. The molecule has 0 bridgehead atoms. The van der Waals surface area contributed by atoms with Crippen LogP contribution in [0.2, 0.25) is 0 Å². The first-order valence-electron chi connectivity index (χ1n) is 7.70. The van der Waals surface area contributed by atoms with Gasteiger partial charge in [-0.3, -0.25) is 4.79 Å². The standard InChI is InChI=1S/C17H26N2O/c1-14-8-11-19(12-9-14)17(20)7-10-18-13-16-6-4-3-5-15(16)2/h3-6,14,18H,7-13H2,1-2H3. The molecule has 1 aromatic carbocycles. The molecule has 110 valence electrons. The van der Waals surface area contributed by atoms with E-state index in [1.807, 2.05) is 4.90 Å². The summed E-state index contributed by atoms with van der Waals surface area (Å²) in [6.07, 6.45) is 2.92. The zero-order valence-electron chi connectivity index (χ0n) is 12.7. The molecule has 1 amide bonds. The Morgan fingerprint density at radius 1 is 1.30 bits per heavy atom. The maximum absolute atomic E-state index is 12.1. The summed E-state index contributed by atoms with van der Waals surface area (Å²) in [5, 5.41) is 3.37. The Hall–Kier alpha value is -1.35. The van der Waals surface area contributed by atoms with Gasteiger partial charge >= 0.3 is 0 Å². The van der Waals surface area contributed by atoms with Crippen molar-refractivity contribution in [1.29, 1.82) is 0 Å². The van der Waals surface area contributed by atoms with Crippen LogP contribution in [-0.2, 0) is 11.3 Å². The molecular weight excluding hydrogens is 248 g/mol. The van der Waals surface area contributed by atoms with Crippen molar-refractivity contribution in [2.75, 3.05) is 19.6 Å². The Bertz CT molecular complexity index is 436. The lowest BCUT2D eigenvalue weighted by Gasteiger charge is -2.30. The molecule has 0 atom stereocenters. The average Bonchev–Trinajstić information content (AvgIpc) is 2.46. The monoisotopic (exact) mass is 274 g/mol. The molecule has 0 unspecified atom stereocenters. The van der Waals surface area contributed by atoms with Gasteiger partial charge in [0.2, 0.25) is 5.91 Å². The Labute approximate surface area is 122 Å². The minimum atomic E-state index is 0.300. The largest absolute Gasteiger partial charge is 0.343 e. The lowest BCUT2D eigenvalue weighted by Crippen LogP contribution is -2.39. The molecule has 1 fully saturated rings. The molecule has 0 saturated carbocycles. The third-order valence-electron chi connectivity index (χ3n) is 4.23. The maximum Gasteiger partial charge on any atom is 0.223 e. The molecule has 3 nitrogen and oxygen atoms in total. The molecule has 1 saturated heterocycles. The number of likely N-dealkylation sites (tertiary alicyclic amines) is 1. The maximum atomic E-state index is 12.1. The highest BCUT2D eigenvalue weighted by atomic mass is 16.2. The van der Waals surface area contributed by atoms with Crippen LogP contribution in [0.15, 0.2) is 24.3 Å². The lowest BCUT2D eigenvalue weighted by molar-refractivity contribution is -0.132. The molecule has 3 heteroatoms. The van der Waals surface area contributed by atoms with Gasteiger partial charge in [-0.25, -0.2) is 0 Å². The summed E-state index contributed by atoms with van der Waals surface area (Å²) in [5.41, 5.74) is 2.61. The highest BCUT2D eigenvalue weighted by Crippen LogP contribution is 2.16. The molecule has 1 heterocycles. The summed E-state index contributed by atoms with van der Waals surface area (Å²) in [5.74, 6) is 1.08. The smallest absolute Gasteiger partial charge is 0.223 e. The van der Waals surface area contributed by atoms with Crippen molar-refractivity contribution < 1.29 is 4.79 Å². The summed E-state index contributed by atoms with van der Waals surface area (Å²) in [6, 6.07) is 8.37. The second kappa shape index (κ2) is 7.44. The molecule has 0 radical (unpaired) electrons. The molecule has 2 rings (SSSR count). The topological polar surface area (TPSA) is 32.3 Å². The normalized spacial score (nSPS) is 16.4. The highest BCUT2D eigenvalue weighted by molar-refractivity contribution is 5.76. The van der Waals surface area contributed by atoms with E-state index in [1.165, 1.54) is 11.1 Å². The van der Waals surface area contributed by atoms with E-state index in [-0.39, 0.29) is 0 Å². The van der Waals surface area contributed by atoms with Crippen molar-refractivity contribution in [3.8, 4) is 0 Å². The Balaban J connectivity index is 1.66. The zero-order chi connectivity index (χ0) is 14.4. The first-order chi connectivity index (χ1) is 9.66. The number of carbonyl (C=O) groups is 1. The molecular formula is C17H26N2O. The van der Waals surface area contributed by atoms with Crippen molar-refractivity contribution in [3.63, 3.8) is 0 Å². The number of carbonyl (C=O) groups excluding carboxylic acids is 1. The first-order valence-corrected chi connectivity index (χ1v) is 7.70. The number of hydrogen-bond acceptors (Lipinski definition) is 2. The average molecular weight is 274 g/mol. The molecule has 1 aliphatic rings. The fourth-order valence-corrected chi connectivity index (χ4v) is 2.64. The number of piperidine rings is 1. The van der Waals surface area contributed by atoms with E-state index in [0.29, 0.717) is 12.3 Å². The van der Waals surface area contributed by atoms with Gasteiger partial charge in [0, 0.05) is 32.6 Å². The van der Waals surface area contributed by atoms with Gasteiger partial charge < -0.3 is 10.2 Å². The highest BCUT2D eigenvalue weighted by Gasteiger charge is 2.19. The van der Waals surface area contributed by atoms with Crippen LogP contribution in [0, 0.1) is 12.8 Å². The number of benzene rings is 1. The van der Waals surface area contributed by atoms with Crippen molar-refractivity contribution in [1.82, 2.24) is 10.2 Å². The van der Waals surface area contributed by atoms with Crippen LogP contribution in [-0.4, -0.2) is 30.4 Å². The first kappa shape index (κ1) is 15.0. The zero-order valence-corrected chi connectivity index (χ0v) is 12.7. The number of nitrogens with zero attached hydrogens (tertiary/aromatic N) is 1. The molecule has 0 aliphatic carbocycles. The van der Waals surface area contributed by atoms with Gasteiger partial charge in [0.15, 0.2) is 0 Å². The van der Waals surface area contributed by atoms with Gasteiger partial charge in [-0.05, 0) is 36.8 Å². The molecule has 0 aromatic heterocycles. The Morgan fingerprint density at radius 3 is 2.70 bits per heavy atom. The fourth-order valence-electron chi connectivity index (χ4n) is 2.64. The summed E-state index contributed by atoms with van der Waals surface area (Å²) in [4.78, 5) is 14.1. The van der Waals surface area contributed by atoms with Crippen molar-refractivity contribution >= 4 is 5.91 Å². The second-order valence-corrected chi connectivity index (χ2v) is 5.92. The van der Waals surface area contributed by atoms with Gasteiger partial charge in [0.1, 0.15) is 0 Å². The van der Waals surface area contributed by atoms with E-state index in [2.05, 4.69) is 43.4 Å². The molecule has 1 aromatic rings. The van der Waals surface area contributed by atoms with Crippen LogP contribution in [0.1, 0.15) is 37.3 Å². The quantitative estimate of drug-likeness (QED) is 0.837. The predicted octanol–water partition coefficient (Wildman–Crippen LogP) is 2.73. The molecule has 1 N–H and O–H groups in total. The fraction of sp³-hybridized carbons (Fsp3) is 0.588. The van der Waals surface area contributed by atoms with Crippen LogP contribution in [0.3, 0.4) is 0 Å². The van der Waals surface area contributed by atoms with Crippen LogP contribution in [0.4, 0.5) is 0 Å². The van der Waals surface area contributed by atoms with Crippen molar-refractivity contribution in [3.05, 3.63) is 35.4 Å².